The van der Waals surface area contributed by atoms with Crippen molar-refractivity contribution in [1.82, 2.24) is 19.9 Å². The van der Waals surface area contributed by atoms with Gasteiger partial charge in [0.2, 0.25) is 11.8 Å². The Labute approximate surface area is 134 Å². The smallest absolute Gasteiger partial charge is 0.228 e. The molecule has 7 heteroatoms. The fraction of sp³-hybridized carbons (Fsp3) is 0.533. The number of rotatable bonds is 5. The van der Waals surface area contributed by atoms with Crippen molar-refractivity contribution in [2.24, 2.45) is 0 Å². The van der Waals surface area contributed by atoms with Crippen LogP contribution in [0.1, 0.15) is 18.5 Å². The second-order valence-electron chi connectivity index (χ2n) is 5.52. The van der Waals surface area contributed by atoms with Gasteiger partial charge in [-0.1, -0.05) is 0 Å². The van der Waals surface area contributed by atoms with Crippen LogP contribution in [-0.2, 0) is 6.54 Å². The van der Waals surface area contributed by atoms with Gasteiger partial charge in [0.15, 0.2) is 0 Å². The molecule has 3 rings (SSSR count). The fourth-order valence-electron chi connectivity index (χ4n) is 2.81. The Kier molecular flexibility index (Phi) is 4.84. The molecular formula is C15H21N5OS. The summed E-state index contributed by atoms with van der Waals surface area (Å²) < 4.78 is 5.19. The predicted molar refractivity (Wildman–Crippen MR) is 87.4 cm³/mol. The summed E-state index contributed by atoms with van der Waals surface area (Å²) in [7, 11) is 3.69. The molecule has 2 aromatic heterocycles. The number of ether oxygens (including phenoxy) is 1. The molecule has 0 radical (unpaired) electrons. The Morgan fingerprint density at radius 3 is 3.14 bits per heavy atom. The number of piperidine rings is 1. The maximum atomic E-state index is 5.19. The number of likely N-dealkylation sites (tertiary alicyclic amines) is 1. The largest absolute Gasteiger partial charge is 0.481 e. The van der Waals surface area contributed by atoms with Gasteiger partial charge in [-0.15, -0.1) is 11.3 Å². The molecule has 6 nitrogen and oxygen atoms in total. The molecule has 22 heavy (non-hydrogen) atoms. The number of methoxy groups -OCH3 is 1. The average Bonchev–Trinajstić information content (AvgIpc) is 3.07. The van der Waals surface area contributed by atoms with Crippen LogP contribution in [0.15, 0.2) is 23.2 Å². The monoisotopic (exact) mass is 319 g/mol. The standard InChI is InChI=1S/C15H21N5OS/c1-19(15-16-6-5-14(18-15)21-2)13-4-3-7-20(9-13)8-12-10-22-11-17-12/h5-6,10-11,13H,3-4,7-9H2,1-2H3. The van der Waals surface area contributed by atoms with E-state index < -0.39 is 0 Å². The Morgan fingerprint density at radius 2 is 2.36 bits per heavy atom. The molecule has 0 saturated carbocycles. The number of likely N-dealkylation sites (N-methyl/N-ethyl adjacent to an activating group) is 1. The Balaban J connectivity index is 1.65. The lowest BCUT2D eigenvalue weighted by Crippen LogP contribution is -2.46. The lowest BCUT2D eigenvalue weighted by molar-refractivity contribution is 0.196. The van der Waals surface area contributed by atoms with E-state index in [-0.39, 0.29) is 0 Å². The van der Waals surface area contributed by atoms with Crippen LogP contribution in [0.5, 0.6) is 5.88 Å². The zero-order chi connectivity index (χ0) is 15.4. The number of hydrogen-bond donors (Lipinski definition) is 0. The Hall–Kier alpha value is -1.73. The minimum absolute atomic E-state index is 0.416. The second-order valence-corrected chi connectivity index (χ2v) is 6.24. The molecule has 0 amide bonds. The summed E-state index contributed by atoms with van der Waals surface area (Å²) in [5.41, 5.74) is 3.05. The van der Waals surface area contributed by atoms with Gasteiger partial charge in [0.1, 0.15) is 0 Å². The summed E-state index contributed by atoms with van der Waals surface area (Å²) in [6, 6.07) is 2.19. The lowest BCUT2D eigenvalue weighted by atomic mass is 10.0. The first-order chi connectivity index (χ1) is 10.8. The van der Waals surface area contributed by atoms with E-state index in [9.17, 15) is 0 Å². The molecule has 0 aromatic carbocycles. The SMILES string of the molecule is COc1ccnc(N(C)C2CCCN(Cc3cscn3)C2)n1. The summed E-state index contributed by atoms with van der Waals surface area (Å²) in [5, 5.41) is 2.12. The predicted octanol–water partition coefficient (Wildman–Crippen LogP) is 2.04. The first-order valence-electron chi connectivity index (χ1n) is 7.45. The van der Waals surface area contributed by atoms with Crippen LogP contribution in [-0.4, -0.2) is 53.1 Å². The van der Waals surface area contributed by atoms with Crippen molar-refractivity contribution < 1.29 is 4.74 Å². The Morgan fingerprint density at radius 1 is 1.45 bits per heavy atom. The van der Waals surface area contributed by atoms with Gasteiger partial charge < -0.3 is 9.64 Å². The molecule has 118 valence electrons. The van der Waals surface area contributed by atoms with Crippen molar-refractivity contribution in [3.05, 3.63) is 28.8 Å². The molecule has 0 aliphatic carbocycles. The molecule has 1 fully saturated rings. The van der Waals surface area contributed by atoms with Gasteiger partial charge in [0, 0.05) is 43.8 Å². The number of thiazole rings is 1. The number of anilines is 1. The number of nitrogens with zero attached hydrogens (tertiary/aromatic N) is 5. The van der Waals surface area contributed by atoms with Crippen LogP contribution in [0.3, 0.4) is 0 Å². The van der Waals surface area contributed by atoms with Crippen molar-refractivity contribution in [2.75, 3.05) is 32.1 Å². The van der Waals surface area contributed by atoms with E-state index >= 15 is 0 Å². The summed E-state index contributed by atoms with van der Waals surface area (Å²) in [5.74, 6) is 1.33. The molecule has 0 spiro atoms. The summed E-state index contributed by atoms with van der Waals surface area (Å²) in [6.45, 7) is 3.06. The van der Waals surface area contributed by atoms with Crippen molar-refractivity contribution in [1.29, 1.82) is 0 Å². The van der Waals surface area contributed by atoms with E-state index in [2.05, 4.69) is 37.2 Å². The maximum Gasteiger partial charge on any atom is 0.228 e. The van der Waals surface area contributed by atoms with Crippen molar-refractivity contribution >= 4 is 17.3 Å². The molecule has 1 atom stereocenters. The van der Waals surface area contributed by atoms with Crippen LogP contribution in [0.25, 0.3) is 0 Å². The quantitative estimate of drug-likeness (QED) is 0.841. The van der Waals surface area contributed by atoms with E-state index in [0.717, 1.165) is 37.7 Å². The van der Waals surface area contributed by atoms with E-state index in [1.807, 2.05) is 5.51 Å². The molecule has 1 aliphatic heterocycles. The number of aromatic nitrogens is 3. The summed E-state index contributed by atoms with van der Waals surface area (Å²) >= 11 is 1.65. The van der Waals surface area contributed by atoms with E-state index in [4.69, 9.17) is 4.74 Å². The molecule has 1 unspecified atom stereocenters. The van der Waals surface area contributed by atoms with Gasteiger partial charge in [-0.3, -0.25) is 4.90 Å². The third kappa shape index (κ3) is 3.53. The zero-order valence-electron chi connectivity index (χ0n) is 13.0. The normalized spacial score (nSPS) is 19.1. The molecule has 0 bridgehead atoms. The van der Waals surface area contributed by atoms with Crippen LogP contribution in [0.4, 0.5) is 5.95 Å². The van der Waals surface area contributed by atoms with Gasteiger partial charge in [0.25, 0.3) is 0 Å². The van der Waals surface area contributed by atoms with Gasteiger partial charge in [-0.05, 0) is 19.4 Å². The molecule has 1 aliphatic rings. The molecule has 1 saturated heterocycles. The van der Waals surface area contributed by atoms with Crippen molar-refractivity contribution in [3.8, 4) is 5.88 Å². The molecule has 2 aromatic rings. The minimum Gasteiger partial charge on any atom is -0.481 e. The highest BCUT2D eigenvalue weighted by molar-refractivity contribution is 7.07. The fourth-order valence-corrected chi connectivity index (χ4v) is 3.36. The van der Waals surface area contributed by atoms with E-state index in [1.54, 1.807) is 30.7 Å². The van der Waals surface area contributed by atoms with Crippen LogP contribution < -0.4 is 9.64 Å². The van der Waals surface area contributed by atoms with Gasteiger partial charge in [-0.25, -0.2) is 9.97 Å². The van der Waals surface area contributed by atoms with Gasteiger partial charge in [0.05, 0.1) is 18.3 Å². The first-order valence-corrected chi connectivity index (χ1v) is 8.40. The van der Waals surface area contributed by atoms with E-state index in [1.165, 1.54) is 6.42 Å². The Bertz CT molecular complexity index is 591. The van der Waals surface area contributed by atoms with Crippen LogP contribution >= 0.6 is 11.3 Å². The highest BCUT2D eigenvalue weighted by Gasteiger charge is 2.25. The highest BCUT2D eigenvalue weighted by atomic mass is 32.1. The summed E-state index contributed by atoms with van der Waals surface area (Å²) in [6.07, 6.45) is 4.08. The number of hydrogen-bond acceptors (Lipinski definition) is 7. The molecule has 3 heterocycles. The average molecular weight is 319 g/mol. The first kappa shape index (κ1) is 15.2. The third-order valence-corrected chi connectivity index (χ3v) is 4.67. The van der Waals surface area contributed by atoms with Crippen LogP contribution in [0.2, 0.25) is 0 Å². The minimum atomic E-state index is 0.416. The van der Waals surface area contributed by atoms with Crippen molar-refractivity contribution in [3.63, 3.8) is 0 Å². The van der Waals surface area contributed by atoms with Gasteiger partial charge >= 0.3 is 0 Å². The zero-order valence-corrected chi connectivity index (χ0v) is 13.8. The third-order valence-electron chi connectivity index (χ3n) is 4.04. The maximum absolute atomic E-state index is 5.19. The van der Waals surface area contributed by atoms with E-state index in [0.29, 0.717) is 11.9 Å². The van der Waals surface area contributed by atoms with Gasteiger partial charge in [-0.2, -0.15) is 4.98 Å². The highest BCUT2D eigenvalue weighted by Crippen LogP contribution is 2.21. The second kappa shape index (κ2) is 7.02. The topological polar surface area (TPSA) is 54.4 Å². The lowest BCUT2D eigenvalue weighted by Gasteiger charge is -2.37. The van der Waals surface area contributed by atoms with Crippen molar-refractivity contribution in [2.45, 2.75) is 25.4 Å². The molecular weight excluding hydrogens is 298 g/mol. The van der Waals surface area contributed by atoms with Crippen LogP contribution in [0, 0.1) is 0 Å². The summed E-state index contributed by atoms with van der Waals surface area (Å²) in [4.78, 5) is 17.8. The molecule has 0 N–H and O–H groups in total.